The SMILES string of the molecule is Cc1nn(C)c(C)c1CC(C)C(=O)N1CCC[C@H](C(=O)O)C1. The summed E-state index contributed by atoms with van der Waals surface area (Å²) in [5.74, 6) is -1.33. The Labute approximate surface area is 131 Å². The topological polar surface area (TPSA) is 75.4 Å². The average Bonchev–Trinajstić information content (AvgIpc) is 2.73. The van der Waals surface area contributed by atoms with Crippen molar-refractivity contribution in [3.05, 3.63) is 17.0 Å². The minimum Gasteiger partial charge on any atom is -0.481 e. The Hall–Kier alpha value is -1.85. The van der Waals surface area contributed by atoms with Crippen LogP contribution in [0.4, 0.5) is 0 Å². The van der Waals surface area contributed by atoms with Crippen molar-refractivity contribution in [1.82, 2.24) is 14.7 Å². The van der Waals surface area contributed by atoms with Gasteiger partial charge in [0.05, 0.1) is 11.6 Å². The van der Waals surface area contributed by atoms with Gasteiger partial charge in [-0.2, -0.15) is 5.10 Å². The Balaban J connectivity index is 2.04. The van der Waals surface area contributed by atoms with E-state index in [9.17, 15) is 9.59 Å². The van der Waals surface area contributed by atoms with Crippen LogP contribution in [0.2, 0.25) is 0 Å². The van der Waals surface area contributed by atoms with Gasteiger partial charge in [-0.3, -0.25) is 14.3 Å². The molecule has 0 aliphatic carbocycles. The fourth-order valence-electron chi connectivity index (χ4n) is 3.20. The number of aryl methyl sites for hydroxylation is 2. The molecule has 122 valence electrons. The third-order valence-corrected chi connectivity index (χ3v) is 4.67. The van der Waals surface area contributed by atoms with Crippen molar-refractivity contribution in [3.8, 4) is 0 Å². The smallest absolute Gasteiger partial charge is 0.308 e. The maximum atomic E-state index is 12.6. The molecule has 1 unspecified atom stereocenters. The molecular weight excluding hydrogens is 282 g/mol. The third kappa shape index (κ3) is 3.31. The minimum absolute atomic E-state index is 0.0496. The number of likely N-dealkylation sites (tertiary alicyclic amines) is 1. The number of hydrogen-bond donors (Lipinski definition) is 1. The molecule has 2 heterocycles. The number of carboxylic acids is 1. The second-order valence-corrected chi connectivity index (χ2v) is 6.34. The van der Waals surface area contributed by atoms with Crippen molar-refractivity contribution in [2.24, 2.45) is 18.9 Å². The molecule has 0 radical (unpaired) electrons. The predicted molar refractivity (Wildman–Crippen MR) is 82.5 cm³/mol. The summed E-state index contributed by atoms with van der Waals surface area (Å²) in [6.45, 7) is 6.88. The maximum absolute atomic E-state index is 12.6. The second kappa shape index (κ2) is 6.50. The predicted octanol–water partition coefficient (Wildman–Crippen LogP) is 1.54. The van der Waals surface area contributed by atoms with Crippen LogP contribution in [-0.4, -0.2) is 44.8 Å². The summed E-state index contributed by atoms with van der Waals surface area (Å²) in [6.07, 6.45) is 2.08. The lowest BCUT2D eigenvalue weighted by molar-refractivity contribution is -0.146. The van der Waals surface area contributed by atoms with Crippen LogP contribution in [-0.2, 0) is 23.1 Å². The van der Waals surface area contributed by atoms with E-state index < -0.39 is 11.9 Å². The lowest BCUT2D eigenvalue weighted by Gasteiger charge is -2.32. The Morgan fingerprint density at radius 3 is 2.64 bits per heavy atom. The summed E-state index contributed by atoms with van der Waals surface area (Å²) < 4.78 is 1.84. The molecule has 1 N–H and O–H groups in total. The van der Waals surface area contributed by atoms with E-state index in [1.165, 1.54) is 0 Å². The number of carbonyl (C=O) groups excluding carboxylic acids is 1. The van der Waals surface area contributed by atoms with Crippen LogP contribution in [0.25, 0.3) is 0 Å². The Morgan fingerprint density at radius 1 is 1.41 bits per heavy atom. The first-order chi connectivity index (χ1) is 10.3. The average molecular weight is 307 g/mol. The number of amides is 1. The van der Waals surface area contributed by atoms with Gasteiger partial charge in [-0.1, -0.05) is 6.92 Å². The summed E-state index contributed by atoms with van der Waals surface area (Å²) in [5.41, 5.74) is 3.16. The van der Waals surface area contributed by atoms with Crippen molar-refractivity contribution >= 4 is 11.9 Å². The van der Waals surface area contributed by atoms with Crippen molar-refractivity contribution < 1.29 is 14.7 Å². The molecule has 22 heavy (non-hydrogen) atoms. The van der Waals surface area contributed by atoms with Gasteiger partial charge in [0, 0.05) is 31.7 Å². The van der Waals surface area contributed by atoms with Crippen molar-refractivity contribution in [2.45, 2.75) is 40.0 Å². The monoisotopic (exact) mass is 307 g/mol. The first kappa shape index (κ1) is 16.5. The van der Waals surface area contributed by atoms with E-state index in [1.54, 1.807) is 4.90 Å². The Bertz CT molecular complexity index is 579. The van der Waals surface area contributed by atoms with Gasteiger partial charge in [0.25, 0.3) is 0 Å². The quantitative estimate of drug-likeness (QED) is 0.915. The van der Waals surface area contributed by atoms with Gasteiger partial charge in [-0.05, 0) is 38.7 Å². The van der Waals surface area contributed by atoms with E-state index >= 15 is 0 Å². The highest BCUT2D eigenvalue weighted by Crippen LogP contribution is 2.22. The van der Waals surface area contributed by atoms with E-state index in [1.807, 2.05) is 32.5 Å². The molecule has 6 nitrogen and oxygen atoms in total. The molecule has 0 bridgehead atoms. The number of rotatable bonds is 4. The van der Waals surface area contributed by atoms with Crippen molar-refractivity contribution in [2.75, 3.05) is 13.1 Å². The van der Waals surface area contributed by atoms with Crippen molar-refractivity contribution in [1.29, 1.82) is 0 Å². The Morgan fingerprint density at radius 2 is 2.09 bits per heavy atom. The van der Waals surface area contributed by atoms with Gasteiger partial charge in [0.1, 0.15) is 0 Å². The highest BCUT2D eigenvalue weighted by atomic mass is 16.4. The van der Waals surface area contributed by atoms with Gasteiger partial charge in [-0.15, -0.1) is 0 Å². The van der Waals surface area contributed by atoms with E-state index in [2.05, 4.69) is 5.10 Å². The largest absolute Gasteiger partial charge is 0.481 e. The van der Waals surface area contributed by atoms with E-state index in [4.69, 9.17) is 5.11 Å². The summed E-state index contributed by atoms with van der Waals surface area (Å²) >= 11 is 0. The lowest BCUT2D eigenvalue weighted by Crippen LogP contribution is -2.44. The first-order valence-corrected chi connectivity index (χ1v) is 7.82. The van der Waals surface area contributed by atoms with Crippen LogP contribution in [0.3, 0.4) is 0 Å². The van der Waals surface area contributed by atoms with Crippen LogP contribution < -0.4 is 0 Å². The highest BCUT2D eigenvalue weighted by Gasteiger charge is 2.30. The molecule has 1 aliphatic rings. The summed E-state index contributed by atoms with van der Waals surface area (Å²) in [4.78, 5) is 25.4. The number of carboxylic acid groups (broad SMARTS) is 1. The van der Waals surface area contributed by atoms with E-state index in [0.717, 1.165) is 23.4 Å². The molecule has 1 aromatic rings. The molecule has 1 fully saturated rings. The molecule has 0 spiro atoms. The van der Waals surface area contributed by atoms with Gasteiger partial charge in [0.2, 0.25) is 5.91 Å². The molecule has 1 aliphatic heterocycles. The summed E-state index contributed by atoms with van der Waals surface area (Å²) in [6, 6.07) is 0. The normalized spacial score (nSPS) is 20.0. The van der Waals surface area contributed by atoms with Crippen LogP contribution in [0, 0.1) is 25.7 Å². The molecule has 1 amide bonds. The fourth-order valence-corrected chi connectivity index (χ4v) is 3.20. The van der Waals surface area contributed by atoms with E-state index in [0.29, 0.717) is 25.9 Å². The lowest BCUT2D eigenvalue weighted by atomic mass is 9.94. The highest BCUT2D eigenvalue weighted by molar-refractivity contribution is 5.80. The molecule has 2 rings (SSSR count). The van der Waals surface area contributed by atoms with E-state index in [-0.39, 0.29) is 11.8 Å². The van der Waals surface area contributed by atoms with Gasteiger partial charge in [0.15, 0.2) is 0 Å². The number of aliphatic carboxylic acids is 1. The van der Waals surface area contributed by atoms with Crippen molar-refractivity contribution in [3.63, 3.8) is 0 Å². The van der Waals surface area contributed by atoms with Crippen LogP contribution >= 0.6 is 0 Å². The molecule has 0 aromatic carbocycles. The molecule has 6 heteroatoms. The number of carbonyl (C=O) groups is 2. The fraction of sp³-hybridized carbons (Fsp3) is 0.688. The zero-order valence-corrected chi connectivity index (χ0v) is 13.8. The van der Waals surface area contributed by atoms with Gasteiger partial charge < -0.3 is 10.0 Å². The van der Waals surface area contributed by atoms with Crippen LogP contribution in [0.5, 0.6) is 0 Å². The number of nitrogens with zero attached hydrogens (tertiary/aromatic N) is 3. The van der Waals surface area contributed by atoms with Gasteiger partial charge in [-0.25, -0.2) is 0 Å². The maximum Gasteiger partial charge on any atom is 0.308 e. The number of hydrogen-bond acceptors (Lipinski definition) is 3. The Kier molecular flexibility index (Phi) is 4.88. The standard InChI is InChI=1S/C16H25N3O3/c1-10(8-14-11(2)17-18(4)12(14)3)15(20)19-7-5-6-13(9-19)16(21)22/h10,13H,5-9H2,1-4H3,(H,21,22)/t10?,13-/m0/s1. The van der Waals surface area contributed by atoms with Gasteiger partial charge >= 0.3 is 5.97 Å². The molecule has 1 aromatic heterocycles. The second-order valence-electron chi connectivity index (χ2n) is 6.34. The molecular formula is C16H25N3O3. The minimum atomic E-state index is -0.802. The zero-order chi connectivity index (χ0) is 16.4. The van der Waals surface area contributed by atoms with Crippen LogP contribution in [0.15, 0.2) is 0 Å². The molecule has 2 atom stereocenters. The molecule has 0 saturated carbocycles. The third-order valence-electron chi connectivity index (χ3n) is 4.67. The summed E-state index contributed by atoms with van der Waals surface area (Å²) in [5, 5.41) is 13.5. The van der Waals surface area contributed by atoms with Crippen LogP contribution in [0.1, 0.15) is 36.7 Å². The number of aromatic nitrogens is 2. The zero-order valence-electron chi connectivity index (χ0n) is 13.8. The first-order valence-electron chi connectivity index (χ1n) is 7.82. The summed E-state index contributed by atoms with van der Waals surface area (Å²) in [7, 11) is 1.90. The molecule has 1 saturated heterocycles. The number of piperidine rings is 1.